The number of ether oxygens (including phenoxy) is 1. The molecule has 0 saturated carbocycles. The second-order valence-electron chi connectivity index (χ2n) is 4.23. The molecule has 20 heavy (non-hydrogen) atoms. The Hall–Kier alpha value is -1.97. The molecule has 0 fully saturated rings. The van der Waals surface area contributed by atoms with E-state index >= 15 is 0 Å². The normalized spacial score (nSPS) is 10.7. The molecule has 1 aromatic heterocycles. The first-order valence-corrected chi connectivity index (χ1v) is 6.66. The van der Waals surface area contributed by atoms with Crippen LogP contribution >= 0.6 is 23.2 Å². The van der Waals surface area contributed by atoms with E-state index in [2.05, 4.69) is 4.98 Å². The summed E-state index contributed by atoms with van der Waals surface area (Å²) in [4.78, 5) is 4.07. The number of benzene rings is 2. The van der Waals surface area contributed by atoms with Crippen molar-refractivity contribution in [1.82, 2.24) is 4.98 Å². The van der Waals surface area contributed by atoms with Crippen LogP contribution in [0.25, 0.3) is 10.8 Å². The van der Waals surface area contributed by atoms with Crippen LogP contribution in [0.2, 0.25) is 10.0 Å². The Bertz CT molecular complexity index is 790. The minimum Gasteiger partial charge on any atom is -0.455 e. The molecule has 3 nitrogen and oxygen atoms in total. The van der Waals surface area contributed by atoms with E-state index in [1.54, 1.807) is 42.7 Å². The molecule has 0 bridgehead atoms. The predicted molar refractivity (Wildman–Crippen MR) is 82.7 cm³/mol. The number of nitrogens with zero attached hydrogens (tertiary/aromatic N) is 1. The van der Waals surface area contributed by atoms with E-state index in [0.29, 0.717) is 27.2 Å². The Balaban J connectivity index is 2.12. The van der Waals surface area contributed by atoms with E-state index in [1.807, 2.05) is 6.07 Å². The van der Waals surface area contributed by atoms with Crippen LogP contribution in [0.1, 0.15) is 0 Å². The van der Waals surface area contributed by atoms with Crippen LogP contribution in [0, 0.1) is 0 Å². The van der Waals surface area contributed by atoms with Crippen molar-refractivity contribution in [2.75, 3.05) is 5.73 Å². The molecule has 0 atom stereocenters. The van der Waals surface area contributed by atoms with E-state index < -0.39 is 0 Å². The van der Waals surface area contributed by atoms with Crippen molar-refractivity contribution in [2.45, 2.75) is 0 Å². The Morgan fingerprint density at radius 3 is 2.65 bits per heavy atom. The monoisotopic (exact) mass is 304 g/mol. The van der Waals surface area contributed by atoms with Crippen molar-refractivity contribution >= 4 is 39.7 Å². The van der Waals surface area contributed by atoms with Crippen molar-refractivity contribution in [3.63, 3.8) is 0 Å². The molecule has 100 valence electrons. The van der Waals surface area contributed by atoms with Gasteiger partial charge in [-0.15, -0.1) is 0 Å². The summed E-state index contributed by atoms with van der Waals surface area (Å²) >= 11 is 12.1. The highest BCUT2D eigenvalue weighted by atomic mass is 35.5. The van der Waals surface area contributed by atoms with Crippen LogP contribution in [0.5, 0.6) is 11.5 Å². The molecule has 0 spiro atoms. The van der Waals surface area contributed by atoms with Crippen LogP contribution in [0.3, 0.4) is 0 Å². The minimum absolute atomic E-state index is 0.383. The molecule has 0 amide bonds. The first kappa shape index (κ1) is 13.0. The van der Waals surface area contributed by atoms with E-state index in [4.69, 9.17) is 33.7 Å². The van der Waals surface area contributed by atoms with Crippen LogP contribution in [-0.4, -0.2) is 4.98 Å². The zero-order valence-electron chi connectivity index (χ0n) is 10.3. The standard InChI is InChI=1S/C15H10Cl2N2O/c16-11-2-1-3-14(15(11)17)20-13-5-4-12(18)10-8-19-7-6-9(10)13/h1-8H,18H2. The molecule has 1 heterocycles. The van der Waals surface area contributed by atoms with Gasteiger partial charge in [0, 0.05) is 28.9 Å². The molecule has 0 aliphatic rings. The van der Waals surface area contributed by atoms with Crippen molar-refractivity contribution in [3.8, 4) is 11.5 Å². The Morgan fingerprint density at radius 1 is 0.950 bits per heavy atom. The highest BCUT2D eigenvalue weighted by Crippen LogP contribution is 2.37. The number of fused-ring (bicyclic) bond motifs is 1. The van der Waals surface area contributed by atoms with Gasteiger partial charge in [0.2, 0.25) is 0 Å². The molecular weight excluding hydrogens is 295 g/mol. The molecule has 0 unspecified atom stereocenters. The minimum atomic E-state index is 0.383. The summed E-state index contributed by atoms with van der Waals surface area (Å²) in [6.07, 6.45) is 3.39. The van der Waals surface area contributed by atoms with Gasteiger partial charge in [-0.2, -0.15) is 0 Å². The lowest BCUT2D eigenvalue weighted by Gasteiger charge is -2.11. The average molecular weight is 305 g/mol. The SMILES string of the molecule is Nc1ccc(Oc2cccc(Cl)c2Cl)c2ccncc12. The summed E-state index contributed by atoms with van der Waals surface area (Å²) in [6.45, 7) is 0. The third-order valence-corrected chi connectivity index (χ3v) is 3.75. The Kier molecular flexibility index (Phi) is 3.38. The highest BCUT2D eigenvalue weighted by Gasteiger charge is 2.10. The Morgan fingerprint density at radius 2 is 1.80 bits per heavy atom. The van der Waals surface area contributed by atoms with E-state index in [0.717, 1.165) is 10.8 Å². The lowest BCUT2D eigenvalue weighted by atomic mass is 10.1. The van der Waals surface area contributed by atoms with Gasteiger partial charge in [-0.3, -0.25) is 4.98 Å². The largest absolute Gasteiger partial charge is 0.455 e. The number of nitrogens with two attached hydrogens (primary N) is 1. The van der Waals surface area contributed by atoms with Crippen molar-refractivity contribution < 1.29 is 4.74 Å². The van der Waals surface area contributed by atoms with Gasteiger partial charge in [0.1, 0.15) is 16.5 Å². The van der Waals surface area contributed by atoms with Gasteiger partial charge in [-0.1, -0.05) is 29.3 Å². The Labute approximate surface area is 125 Å². The summed E-state index contributed by atoms with van der Waals surface area (Å²) in [6, 6.07) is 10.7. The number of aromatic nitrogens is 1. The second-order valence-corrected chi connectivity index (χ2v) is 5.01. The summed E-state index contributed by atoms with van der Waals surface area (Å²) in [7, 11) is 0. The van der Waals surface area contributed by atoms with Crippen LogP contribution in [0.4, 0.5) is 5.69 Å². The van der Waals surface area contributed by atoms with Crippen molar-refractivity contribution in [1.29, 1.82) is 0 Å². The smallest absolute Gasteiger partial charge is 0.147 e. The maximum absolute atomic E-state index is 6.13. The van der Waals surface area contributed by atoms with Gasteiger partial charge >= 0.3 is 0 Å². The molecule has 0 radical (unpaired) electrons. The molecule has 2 N–H and O–H groups in total. The number of pyridine rings is 1. The quantitative estimate of drug-likeness (QED) is 0.684. The van der Waals surface area contributed by atoms with Crippen LogP contribution in [-0.2, 0) is 0 Å². The summed E-state index contributed by atoms with van der Waals surface area (Å²) in [5, 5.41) is 2.54. The molecule has 2 aromatic carbocycles. The fraction of sp³-hybridized carbons (Fsp3) is 0. The zero-order valence-corrected chi connectivity index (χ0v) is 11.8. The molecule has 3 aromatic rings. The van der Waals surface area contributed by atoms with Gasteiger partial charge in [0.05, 0.1) is 5.02 Å². The number of hydrogen-bond donors (Lipinski definition) is 1. The molecule has 0 aliphatic carbocycles. The van der Waals surface area contributed by atoms with E-state index in [-0.39, 0.29) is 0 Å². The van der Waals surface area contributed by atoms with Crippen LogP contribution in [0.15, 0.2) is 48.8 Å². The summed E-state index contributed by atoms with van der Waals surface area (Å²) < 4.78 is 5.86. The highest BCUT2D eigenvalue weighted by molar-refractivity contribution is 6.42. The van der Waals surface area contributed by atoms with E-state index in [9.17, 15) is 0 Å². The fourth-order valence-corrected chi connectivity index (χ4v) is 2.29. The average Bonchev–Trinajstić information content (AvgIpc) is 2.47. The topological polar surface area (TPSA) is 48.1 Å². The molecule has 5 heteroatoms. The number of hydrogen-bond acceptors (Lipinski definition) is 3. The van der Waals surface area contributed by atoms with Gasteiger partial charge in [-0.05, 0) is 30.3 Å². The fourth-order valence-electron chi connectivity index (χ4n) is 1.95. The van der Waals surface area contributed by atoms with Crippen molar-refractivity contribution in [3.05, 3.63) is 58.8 Å². The van der Waals surface area contributed by atoms with E-state index in [1.165, 1.54) is 0 Å². The van der Waals surface area contributed by atoms with Gasteiger partial charge < -0.3 is 10.5 Å². The van der Waals surface area contributed by atoms with Gasteiger partial charge in [0.15, 0.2) is 0 Å². The lowest BCUT2D eigenvalue weighted by molar-refractivity contribution is 0.488. The maximum atomic E-state index is 6.13. The molecule has 0 aliphatic heterocycles. The van der Waals surface area contributed by atoms with Gasteiger partial charge in [0.25, 0.3) is 0 Å². The molecule has 0 saturated heterocycles. The summed E-state index contributed by atoms with van der Waals surface area (Å²) in [5.74, 6) is 1.16. The first-order chi connectivity index (χ1) is 9.66. The lowest BCUT2D eigenvalue weighted by Crippen LogP contribution is -1.92. The number of nitrogen functional groups attached to an aromatic ring is 1. The number of halogens is 2. The van der Waals surface area contributed by atoms with Crippen molar-refractivity contribution in [2.24, 2.45) is 0 Å². The second kappa shape index (κ2) is 5.19. The van der Waals surface area contributed by atoms with Crippen LogP contribution < -0.4 is 10.5 Å². The molecular formula is C15H10Cl2N2O. The maximum Gasteiger partial charge on any atom is 0.147 e. The predicted octanol–water partition coefficient (Wildman–Crippen LogP) is 4.92. The van der Waals surface area contributed by atoms with Gasteiger partial charge in [-0.25, -0.2) is 0 Å². The number of anilines is 1. The number of rotatable bonds is 2. The zero-order chi connectivity index (χ0) is 14.1. The summed E-state index contributed by atoms with van der Waals surface area (Å²) in [5.41, 5.74) is 6.58. The molecule has 3 rings (SSSR count). The third-order valence-electron chi connectivity index (χ3n) is 2.95. The third kappa shape index (κ3) is 2.26. The first-order valence-electron chi connectivity index (χ1n) is 5.91.